The van der Waals surface area contributed by atoms with Crippen LogP contribution in [0.2, 0.25) is 0 Å². The number of nitrogens with one attached hydrogen (secondary N) is 2. The highest BCUT2D eigenvalue weighted by Crippen LogP contribution is 2.45. The molecule has 1 saturated heterocycles. The number of benzene rings is 4. The summed E-state index contributed by atoms with van der Waals surface area (Å²) in [6, 6.07) is 37.6. The fraction of sp³-hybridized carbons (Fsp3) is 0.404. The van der Waals surface area contributed by atoms with Crippen molar-refractivity contribution < 1.29 is 37.5 Å². The van der Waals surface area contributed by atoms with Gasteiger partial charge in [-0.15, -0.1) is 0 Å². The van der Waals surface area contributed by atoms with Crippen molar-refractivity contribution in [3.8, 4) is 23.3 Å². The van der Waals surface area contributed by atoms with E-state index < -0.39 is 20.2 Å². The summed E-state index contributed by atoms with van der Waals surface area (Å²) in [5.74, 6) is 2.79. The predicted octanol–water partition coefficient (Wildman–Crippen LogP) is 9.64. The van der Waals surface area contributed by atoms with Crippen LogP contribution in [0.5, 0.6) is 17.2 Å². The number of rotatable bonds is 27. The van der Waals surface area contributed by atoms with Crippen LogP contribution in [0, 0.1) is 11.3 Å². The van der Waals surface area contributed by atoms with Crippen molar-refractivity contribution in [3.05, 3.63) is 138 Å². The molecule has 2 N–H and O–H groups in total. The second-order valence-corrected chi connectivity index (χ2v) is 19.0. The summed E-state index contributed by atoms with van der Waals surface area (Å²) < 4.78 is 46.0. The molecule has 69 heavy (non-hydrogen) atoms. The number of nitrogens with zero attached hydrogens (tertiary/aromatic N) is 5. The molecule has 0 radical (unpaired) electrons. The molecule has 15 nitrogen and oxygen atoms in total. The molecule has 364 valence electrons. The van der Waals surface area contributed by atoms with E-state index in [4.69, 9.17) is 47.7 Å². The monoisotopic (exact) mass is 975 g/mol. The van der Waals surface area contributed by atoms with Crippen LogP contribution in [0.15, 0.2) is 116 Å². The zero-order chi connectivity index (χ0) is 48.4. The van der Waals surface area contributed by atoms with Gasteiger partial charge in [-0.05, 0) is 98.2 Å². The average molecular weight is 976 g/mol. The second kappa shape index (κ2) is 25.8. The molecule has 2 aromatic heterocycles. The van der Waals surface area contributed by atoms with Gasteiger partial charge in [0.15, 0.2) is 12.3 Å². The SMILES string of the molecule is COc1ccc(C(OC[C@H]2O[C@@H](CCCCn3cnc4c(CCSC)nc(NC(=O)COc5ccccc5)nc43)C[C@@H]2OP(NC(C)C)OCCC#N)(c2ccccc2)c2ccc(OC)cc2)cc1. The van der Waals surface area contributed by atoms with Gasteiger partial charge >= 0.3 is 0 Å². The molecule has 4 aromatic carbocycles. The van der Waals surface area contributed by atoms with E-state index in [9.17, 15) is 10.1 Å². The Kier molecular flexibility index (Phi) is 19.2. The first kappa shape index (κ1) is 51.2. The second-order valence-electron chi connectivity index (χ2n) is 16.8. The topological polar surface area (TPSA) is 173 Å². The van der Waals surface area contributed by atoms with E-state index in [0.29, 0.717) is 30.8 Å². The van der Waals surface area contributed by atoms with Gasteiger partial charge in [0.1, 0.15) is 34.5 Å². The predicted molar refractivity (Wildman–Crippen MR) is 270 cm³/mol. The number of unbranched alkanes of at least 4 members (excludes halogenated alkanes) is 1. The van der Waals surface area contributed by atoms with Gasteiger partial charge in [0.25, 0.3) is 14.4 Å². The van der Waals surface area contributed by atoms with Crippen LogP contribution in [0.4, 0.5) is 5.95 Å². The molecule has 1 aliphatic heterocycles. The standard InChI is InChI=1S/C52H62N7O8PS/c1-37(2)58-68(65-31-14-29-53)67-46-33-44(19-12-13-30-59-36-54-49-45(28-32-69-5)55-51(57-50(49)59)56-48(60)35-63-43-17-10-7-11-18-43)66-47(46)34-64-52(38-15-8-6-9-16-38,39-20-24-41(61-3)25-21-39)40-22-26-42(62-4)27-23-40/h6-11,15-18,20-27,36-37,44,46-47,58H,12-14,19,28,30-35H2,1-5H3,(H,55,56,57,60)/t44-,46-,47+,68?/m0/s1. The number of hydrogen-bond acceptors (Lipinski definition) is 14. The molecule has 1 unspecified atom stereocenters. The van der Waals surface area contributed by atoms with Crippen LogP contribution in [0.1, 0.15) is 68.3 Å². The largest absolute Gasteiger partial charge is 0.497 e. The number of carbonyl (C=O) groups is 1. The van der Waals surface area contributed by atoms with E-state index in [1.54, 1.807) is 44.4 Å². The lowest BCUT2D eigenvalue weighted by molar-refractivity contribution is -0.118. The minimum absolute atomic E-state index is 0.0778. The smallest absolute Gasteiger partial charge is 0.264 e. The zero-order valence-electron chi connectivity index (χ0n) is 39.9. The quantitative estimate of drug-likeness (QED) is 0.0284. The van der Waals surface area contributed by atoms with Gasteiger partial charge in [-0.2, -0.15) is 22.0 Å². The summed E-state index contributed by atoms with van der Waals surface area (Å²) in [7, 11) is 1.75. The molecule has 1 fully saturated rings. The van der Waals surface area contributed by atoms with Crippen molar-refractivity contribution in [2.45, 2.75) is 88.9 Å². The molecule has 7 rings (SSSR count). The van der Waals surface area contributed by atoms with E-state index >= 15 is 0 Å². The van der Waals surface area contributed by atoms with Crippen molar-refractivity contribution in [2.24, 2.45) is 0 Å². The molecule has 0 saturated carbocycles. The van der Waals surface area contributed by atoms with Crippen LogP contribution in [0.3, 0.4) is 0 Å². The van der Waals surface area contributed by atoms with Crippen LogP contribution in [0.25, 0.3) is 11.2 Å². The van der Waals surface area contributed by atoms with E-state index in [1.165, 1.54) is 0 Å². The van der Waals surface area contributed by atoms with Crippen molar-refractivity contribution in [2.75, 3.05) is 51.4 Å². The molecule has 3 heterocycles. The Morgan fingerprint density at radius 3 is 2.22 bits per heavy atom. The van der Waals surface area contributed by atoms with Gasteiger partial charge in [0, 0.05) is 25.4 Å². The number of nitriles is 1. The van der Waals surface area contributed by atoms with Crippen molar-refractivity contribution in [1.82, 2.24) is 24.6 Å². The third-order valence-electron chi connectivity index (χ3n) is 11.6. The lowest BCUT2D eigenvalue weighted by atomic mass is 9.80. The van der Waals surface area contributed by atoms with Gasteiger partial charge in [0.2, 0.25) is 5.95 Å². The summed E-state index contributed by atoms with van der Waals surface area (Å²) in [6.07, 6.45) is 6.86. The highest BCUT2D eigenvalue weighted by atomic mass is 32.2. The van der Waals surface area contributed by atoms with Gasteiger partial charge in [-0.3, -0.25) is 10.1 Å². The van der Waals surface area contributed by atoms with Gasteiger partial charge in [-0.1, -0.05) is 72.8 Å². The summed E-state index contributed by atoms with van der Waals surface area (Å²) in [5, 5.41) is 15.6. The Morgan fingerprint density at radius 1 is 0.913 bits per heavy atom. The number of aryl methyl sites for hydroxylation is 2. The summed E-state index contributed by atoms with van der Waals surface area (Å²) >= 11 is 1.72. The molecule has 1 amide bonds. The number of imidazole rings is 1. The van der Waals surface area contributed by atoms with Gasteiger partial charge in [0.05, 0.1) is 64.2 Å². The van der Waals surface area contributed by atoms with Crippen molar-refractivity contribution in [1.29, 1.82) is 5.26 Å². The summed E-state index contributed by atoms with van der Waals surface area (Å²) in [6.45, 7) is 5.00. The maximum Gasteiger partial charge on any atom is 0.264 e. The van der Waals surface area contributed by atoms with E-state index in [-0.39, 0.29) is 56.3 Å². The number of hydrogen-bond donors (Lipinski definition) is 2. The maximum atomic E-state index is 12.9. The first-order chi connectivity index (χ1) is 33.7. The molecule has 0 spiro atoms. The average Bonchev–Trinajstić information content (AvgIpc) is 3.97. The first-order valence-corrected chi connectivity index (χ1v) is 25.8. The molecular weight excluding hydrogens is 914 g/mol. The Bertz CT molecular complexity index is 2500. The van der Waals surface area contributed by atoms with Gasteiger partial charge in [-0.25, -0.2) is 15.1 Å². The third kappa shape index (κ3) is 13.8. The number of para-hydroxylation sites is 1. The minimum atomic E-state index is -1.56. The number of aromatic nitrogens is 4. The number of amides is 1. The third-order valence-corrected chi connectivity index (χ3v) is 13.8. The van der Waals surface area contributed by atoms with Crippen LogP contribution in [-0.2, 0) is 41.9 Å². The lowest BCUT2D eigenvalue weighted by Gasteiger charge is -2.37. The molecule has 6 aromatic rings. The normalized spacial score (nSPS) is 16.3. The fourth-order valence-electron chi connectivity index (χ4n) is 8.21. The van der Waals surface area contributed by atoms with E-state index in [2.05, 4.69) is 28.6 Å². The Hall–Kier alpha value is -5.63. The summed E-state index contributed by atoms with van der Waals surface area (Å²) in [5.41, 5.74) is 3.89. The van der Waals surface area contributed by atoms with Crippen molar-refractivity contribution in [3.63, 3.8) is 0 Å². The highest BCUT2D eigenvalue weighted by Gasteiger charge is 2.43. The maximum absolute atomic E-state index is 12.9. The van der Waals surface area contributed by atoms with E-state index in [0.717, 1.165) is 64.4 Å². The first-order valence-electron chi connectivity index (χ1n) is 23.3. The van der Waals surface area contributed by atoms with Gasteiger partial charge < -0.3 is 37.3 Å². The van der Waals surface area contributed by atoms with Crippen LogP contribution in [-0.4, -0.2) is 95.8 Å². The Morgan fingerprint density at radius 2 is 1.58 bits per heavy atom. The molecule has 4 atom stereocenters. The number of fused-ring (bicyclic) bond motifs is 1. The number of thioether (sulfide) groups is 1. The molecule has 17 heteroatoms. The van der Waals surface area contributed by atoms with Crippen molar-refractivity contribution >= 4 is 43.3 Å². The van der Waals surface area contributed by atoms with Crippen LogP contribution < -0.4 is 24.6 Å². The minimum Gasteiger partial charge on any atom is -0.497 e. The number of anilines is 1. The Balaban J connectivity index is 1.09. The van der Waals surface area contributed by atoms with E-state index in [1.807, 2.05) is 110 Å². The fourth-order valence-corrected chi connectivity index (χ4v) is 9.95. The molecule has 0 bridgehead atoms. The summed E-state index contributed by atoms with van der Waals surface area (Å²) in [4.78, 5) is 27.1. The zero-order valence-corrected chi connectivity index (χ0v) is 41.6. The number of methoxy groups -OCH3 is 2. The molecular formula is C52H62N7O8PS. The van der Waals surface area contributed by atoms with Crippen LogP contribution >= 0.6 is 20.3 Å². The number of ether oxygens (including phenoxy) is 5. The molecule has 0 aliphatic carbocycles. The highest BCUT2D eigenvalue weighted by molar-refractivity contribution is 7.98. The Labute approximate surface area is 410 Å². The number of carbonyl (C=O) groups excluding carboxylic acids is 1. The molecule has 1 aliphatic rings. The lowest BCUT2D eigenvalue weighted by Crippen LogP contribution is -2.38.